The van der Waals surface area contributed by atoms with Gasteiger partial charge in [-0.25, -0.2) is 0 Å². The van der Waals surface area contributed by atoms with Crippen LogP contribution in [0.3, 0.4) is 0 Å². The Morgan fingerprint density at radius 1 is 1.21 bits per heavy atom. The van der Waals surface area contributed by atoms with Crippen molar-refractivity contribution in [3.8, 4) is 6.07 Å². The number of aromatic nitrogens is 1. The van der Waals surface area contributed by atoms with Crippen LogP contribution in [0.25, 0.3) is 6.08 Å². The normalized spacial score (nSPS) is 20.1. The van der Waals surface area contributed by atoms with E-state index in [2.05, 4.69) is 21.7 Å². The molecule has 2 aliphatic heterocycles. The van der Waals surface area contributed by atoms with Gasteiger partial charge in [0.15, 0.2) is 0 Å². The van der Waals surface area contributed by atoms with E-state index in [1.165, 1.54) is 0 Å². The van der Waals surface area contributed by atoms with Crippen LogP contribution in [0.15, 0.2) is 29.0 Å². The third-order valence-electron chi connectivity index (χ3n) is 6.31. The van der Waals surface area contributed by atoms with Gasteiger partial charge in [0.2, 0.25) is 5.91 Å². The second kappa shape index (κ2) is 11.5. The van der Waals surface area contributed by atoms with Crippen molar-refractivity contribution in [2.24, 2.45) is 0 Å². The van der Waals surface area contributed by atoms with Crippen molar-refractivity contribution >= 4 is 23.8 Å². The summed E-state index contributed by atoms with van der Waals surface area (Å²) < 4.78 is 0. The standard InChI is InChI=1S/C26H33N5O3/c1-4-21-19(10-8-12-27)20(25(33)30-21)16-22-17(2)24(18(3)29-22)26(34)28-13-9-15-31-14-7-5-6-11-23(31)32/h4,10,16,29H,5-9,11,13-15H2,1-3H3,(H,28,34)(H,30,33). The molecule has 0 aliphatic carbocycles. The Balaban J connectivity index is 1.70. The van der Waals surface area contributed by atoms with Gasteiger partial charge in [-0.2, -0.15) is 5.26 Å². The Bertz CT molecular complexity index is 1100. The minimum atomic E-state index is -0.238. The van der Waals surface area contributed by atoms with E-state index in [1.807, 2.05) is 25.7 Å². The molecule has 1 aromatic rings. The van der Waals surface area contributed by atoms with Crippen molar-refractivity contribution in [2.75, 3.05) is 19.6 Å². The van der Waals surface area contributed by atoms with Crippen LogP contribution in [-0.4, -0.2) is 47.2 Å². The Morgan fingerprint density at radius 3 is 2.74 bits per heavy atom. The molecule has 2 saturated heterocycles. The van der Waals surface area contributed by atoms with E-state index in [0.717, 1.165) is 37.1 Å². The minimum absolute atomic E-state index is 0.177. The molecule has 0 atom stereocenters. The second-order valence-electron chi connectivity index (χ2n) is 8.66. The lowest BCUT2D eigenvalue weighted by atomic mass is 10.0. The highest BCUT2D eigenvalue weighted by Crippen LogP contribution is 2.29. The lowest BCUT2D eigenvalue weighted by molar-refractivity contribution is -0.130. The summed E-state index contributed by atoms with van der Waals surface area (Å²) in [4.78, 5) is 42.7. The van der Waals surface area contributed by atoms with Crippen molar-refractivity contribution in [3.05, 3.63) is 51.5 Å². The number of amides is 3. The summed E-state index contributed by atoms with van der Waals surface area (Å²) in [6.45, 7) is 7.45. The third-order valence-corrected chi connectivity index (χ3v) is 6.31. The van der Waals surface area contributed by atoms with Crippen molar-refractivity contribution in [3.63, 3.8) is 0 Å². The summed E-state index contributed by atoms with van der Waals surface area (Å²) in [5.74, 6) is -0.208. The molecule has 0 unspecified atom stereocenters. The zero-order valence-corrected chi connectivity index (χ0v) is 20.2. The molecule has 180 valence electrons. The van der Waals surface area contributed by atoms with E-state index >= 15 is 0 Å². The lowest BCUT2D eigenvalue weighted by Gasteiger charge is -2.20. The van der Waals surface area contributed by atoms with Gasteiger partial charge >= 0.3 is 0 Å². The molecule has 0 aromatic carbocycles. The monoisotopic (exact) mass is 463 g/mol. The Labute approximate surface area is 200 Å². The molecule has 2 aliphatic rings. The number of hydrogen-bond acceptors (Lipinski definition) is 4. The number of aryl methyl sites for hydroxylation is 1. The predicted molar refractivity (Wildman–Crippen MR) is 130 cm³/mol. The summed E-state index contributed by atoms with van der Waals surface area (Å²) >= 11 is 0. The average molecular weight is 464 g/mol. The van der Waals surface area contributed by atoms with Crippen LogP contribution < -0.4 is 10.6 Å². The van der Waals surface area contributed by atoms with Crippen LogP contribution in [0, 0.1) is 25.2 Å². The first-order valence-electron chi connectivity index (χ1n) is 11.9. The maximum Gasteiger partial charge on any atom is 0.256 e. The molecule has 0 radical (unpaired) electrons. The Morgan fingerprint density at radius 2 is 2.00 bits per heavy atom. The van der Waals surface area contributed by atoms with E-state index in [9.17, 15) is 14.4 Å². The number of hydrogen-bond donors (Lipinski definition) is 3. The number of carbonyl (C=O) groups excluding carboxylic acids is 3. The van der Waals surface area contributed by atoms with Gasteiger partial charge in [0.05, 0.1) is 23.6 Å². The van der Waals surface area contributed by atoms with Crippen LogP contribution in [0.5, 0.6) is 0 Å². The third kappa shape index (κ3) is 5.66. The predicted octanol–water partition coefficient (Wildman–Crippen LogP) is 3.41. The van der Waals surface area contributed by atoms with Crippen molar-refractivity contribution in [2.45, 2.75) is 59.3 Å². The maximum absolute atomic E-state index is 12.9. The summed E-state index contributed by atoms with van der Waals surface area (Å²) in [5.41, 5.74) is 4.54. The molecule has 3 amide bonds. The molecule has 3 heterocycles. The Kier molecular flexibility index (Phi) is 8.47. The number of nitriles is 1. The molecule has 3 N–H and O–H groups in total. The number of nitrogens with one attached hydrogen (secondary N) is 3. The smallest absolute Gasteiger partial charge is 0.256 e. The van der Waals surface area contributed by atoms with Gasteiger partial charge in [0.25, 0.3) is 11.8 Å². The number of nitrogens with zero attached hydrogens (tertiary/aromatic N) is 2. The minimum Gasteiger partial charge on any atom is -0.358 e. The molecule has 8 heteroatoms. The molecule has 8 nitrogen and oxygen atoms in total. The van der Waals surface area contributed by atoms with E-state index in [1.54, 1.807) is 18.2 Å². The van der Waals surface area contributed by atoms with Gasteiger partial charge in [0, 0.05) is 48.7 Å². The van der Waals surface area contributed by atoms with E-state index in [0.29, 0.717) is 54.0 Å². The molecule has 34 heavy (non-hydrogen) atoms. The fraction of sp³-hybridized carbons (Fsp3) is 0.462. The molecule has 3 rings (SSSR count). The van der Waals surface area contributed by atoms with E-state index in [4.69, 9.17) is 5.26 Å². The van der Waals surface area contributed by atoms with Crippen LogP contribution in [0.2, 0.25) is 0 Å². The first-order valence-corrected chi connectivity index (χ1v) is 11.9. The number of rotatable bonds is 7. The highest BCUT2D eigenvalue weighted by Gasteiger charge is 2.27. The highest BCUT2D eigenvalue weighted by molar-refractivity contribution is 6.09. The van der Waals surface area contributed by atoms with Gasteiger partial charge < -0.3 is 20.5 Å². The van der Waals surface area contributed by atoms with Crippen LogP contribution in [0.4, 0.5) is 0 Å². The summed E-state index contributed by atoms with van der Waals surface area (Å²) in [5, 5.41) is 14.7. The largest absolute Gasteiger partial charge is 0.358 e. The highest BCUT2D eigenvalue weighted by atomic mass is 16.2. The van der Waals surface area contributed by atoms with Crippen molar-refractivity contribution in [1.82, 2.24) is 20.5 Å². The number of aromatic amines is 1. The van der Waals surface area contributed by atoms with Crippen LogP contribution >= 0.6 is 0 Å². The van der Waals surface area contributed by atoms with Gasteiger partial charge in [0.1, 0.15) is 0 Å². The number of carbonyl (C=O) groups is 3. The molecule has 0 spiro atoms. The molecule has 2 fully saturated rings. The molecular formula is C26H33N5O3. The Hall–Kier alpha value is -3.60. The zero-order chi connectivity index (χ0) is 24.7. The van der Waals surface area contributed by atoms with Gasteiger partial charge in [-0.1, -0.05) is 18.6 Å². The van der Waals surface area contributed by atoms with Crippen LogP contribution in [0.1, 0.15) is 72.8 Å². The first-order chi connectivity index (χ1) is 16.4. The quantitative estimate of drug-likeness (QED) is 0.424. The number of allylic oxidation sites excluding steroid dienone is 3. The van der Waals surface area contributed by atoms with Crippen LogP contribution in [-0.2, 0) is 9.59 Å². The number of likely N-dealkylation sites (tertiary alicyclic amines) is 1. The summed E-state index contributed by atoms with van der Waals surface area (Å²) in [6, 6.07) is 2.08. The van der Waals surface area contributed by atoms with E-state index < -0.39 is 0 Å². The lowest BCUT2D eigenvalue weighted by Crippen LogP contribution is -2.34. The fourth-order valence-corrected chi connectivity index (χ4v) is 4.50. The zero-order valence-electron chi connectivity index (χ0n) is 20.2. The average Bonchev–Trinajstić information content (AvgIpc) is 3.16. The second-order valence-corrected chi connectivity index (χ2v) is 8.66. The van der Waals surface area contributed by atoms with E-state index in [-0.39, 0.29) is 24.1 Å². The molecule has 1 aromatic heterocycles. The van der Waals surface area contributed by atoms with Crippen molar-refractivity contribution in [1.29, 1.82) is 5.26 Å². The molecule has 0 bridgehead atoms. The first kappa shape index (κ1) is 25.0. The molecule has 0 saturated carbocycles. The SMILES string of the molecule is CC=C1NC(=O)C(=Cc2[nH]c(C)c(C(=O)NCCCN3CCCCCC3=O)c2C)C1=CCC#N. The van der Waals surface area contributed by atoms with Gasteiger partial charge in [-0.05, 0) is 51.7 Å². The van der Waals surface area contributed by atoms with Crippen molar-refractivity contribution < 1.29 is 14.4 Å². The maximum atomic E-state index is 12.9. The summed E-state index contributed by atoms with van der Waals surface area (Å²) in [7, 11) is 0. The van der Waals surface area contributed by atoms with Gasteiger partial charge in [-0.3, -0.25) is 14.4 Å². The summed E-state index contributed by atoms with van der Waals surface area (Å²) in [6.07, 6.45) is 9.88. The van der Waals surface area contributed by atoms with Gasteiger partial charge in [-0.15, -0.1) is 0 Å². The number of H-pyrrole nitrogens is 1. The molecular weight excluding hydrogens is 430 g/mol. The fourth-order valence-electron chi connectivity index (χ4n) is 4.50. The topological polar surface area (TPSA) is 118 Å².